The molecule has 5 nitrogen and oxygen atoms in total. The molecule has 6 heteroatoms. The van der Waals surface area contributed by atoms with Gasteiger partial charge in [0.2, 0.25) is 5.95 Å². The number of likely N-dealkylation sites (N-methyl/N-ethyl adjacent to an activating group) is 1. The number of nitrogens with zero attached hydrogens (tertiary/aromatic N) is 3. The van der Waals surface area contributed by atoms with Gasteiger partial charge < -0.3 is 15.4 Å². The second kappa shape index (κ2) is 5.99. The van der Waals surface area contributed by atoms with Gasteiger partial charge in [0.05, 0.1) is 11.1 Å². The minimum Gasteiger partial charge on any atom is -0.383 e. The van der Waals surface area contributed by atoms with E-state index in [1.165, 1.54) is 0 Å². The Morgan fingerprint density at radius 3 is 2.67 bits per heavy atom. The first-order valence-electron chi connectivity index (χ1n) is 4.56. The molecule has 0 aromatic carbocycles. The normalized spacial score (nSPS) is 12.5. The SMILES string of the molecule is COCC(N)CN(C)c1ncc(Br)cn1. The Morgan fingerprint density at radius 2 is 2.13 bits per heavy atom. The lowest BCUT2D eigenvalue weighted by Crippen LogP contribution is -2.39. The van der Waals surface area contributed by atoms with E-state index in [0.29, 0.717) is 19.1 Å². The summed E-state index contributed by atoms with van der Waals surface area (Å²) in [4.78, 5) is 10.2. The van der Waals surface area contributed by atoms with Crippen LogP contribution in [-0.2, 0) is 4.74 Å². The van der Waals surface area contributed by atoms with Crippen LogP contribution in [0.2, 0.25) is 0 Å². The highest BCUT2D eigenvalue weighted by molar-refractivity contribution is 9.10. The molecule has 0 amide bonds. The van der Waals surface area contributed by atoms with Crippen molar-refractivity contribution in [3.63, 3.8) is 0 Å². The Morgan fingerprint density at radius 1 is 1.53 bits per heavy atom. The van der Waals surface area contributed by atoms with E-state index in [0.717, 1.165) is 4.47 Å². The number of methoxy groups -OCH3 is 1. The molecule has 0 radical (unpaired) electrons. The van der Waals surface area contributed by atoms with Gasteiger partial charge in [-0.05, 0) is 15.9 Å². The van der Waals surface area contributed by atoms with Crippen molar-refractivity contribution in [1.82, 2.24) is 9.97 Å². The number of hydrogen-bond acceptors (Lipinski definition) is 5. The van der Waals surface area contributed by atoms with Crippen molar-refractivity contribution < 1.29 is 4.74 Å². The van der Waals surface area contributed by atoms with Crippen molar-refractivity contribution in [2.75, 3.05) is 32.2 Å². The van der Waals surface area contributed by atoms with E-state index in [9.17, 15) is 0 Å². The van der Waals surface area contributed by atoms with Gasteiger partial charge in [-0.15, -0.1) is 0 Å². The van der Waals surface area contributed by atoms with Gasteiger partial charge in [-0.1, -0.05) is 0 Å². The molecular formula is C9H15BrN4O. The second-order valence-electron chi connectivity index (χ2n) is 3.30. The third-order valence-electron chi connectivity index (χ3n) is 1.84. The average Bonchev–Trinajstić information content (AvgIpc) is 2.18. The summed E-state index contributed by atoms with van der Waals surface area (Å²) in [6.45, 7) is 1.19. The van der Waals surface area contributed by atoms with Gasteiger partial charge in [0.25, 0.3) is 0 Å². The van der Waals surface area contributed by atoms with Crippen molar-refractivity contribution in [2.45, 2.75) is 6.04 Å². The van der Waals surface area contributed by atoms with E-state index in [1.807, 2.05) is 11.9 Å². The van der Waals surface area contributed by atoms with E-state index >= 15 is 0 Å². The second-order valence-corrected chi connectivity index (χ2v) is 4.21. The fourth-order valence-electron chi connectivity index (χ4n) is 1.20. The molecule has 0 fully saturated rings. The molecule has 1 heterocycles. The molecule has 0 saturated heterocycles. The van der Waals surface area contributed by atoms with E-state index in [4.69, 9.17) is 10.5 Å². The standard InChI is InChI=1S/C9H15BrN4O/c1-14(5-8(11)6-15-2)9-12-3-7(10)4-13-9/h3-4,8H,5-6,11H2,1-2H3. The van der Waals surface area contributed by atoms with Crippen LogP contribution in [-0.4, -0.2) is 43.3 Å². The quantitative estimate of drug-likeness (QED) is 0.854. The molecule has 0 aliphatic carbocycles. The minimum atomic E-state index is -0.0350. The highest BCUT2D eigenvalue weighted by Gasteiger charge is 2.09. The molecule has 0 bridgehead atoms. The van der Waals surface area contributed by atoms with Crippen LogP contribution in [0.1, 0.15) is 0 Å². The van der Waals surface area contributed by atoms with Crippen LogP contribution >= 0.6 is 15.9 Å². The lowest BCUT2D eigenvalue weighted by Gasteiger charge is -2.20. The Balaban J connectivity index is 2.53. The average molecular weight is 275 g/mol. The van der Waals surface area contributed by atoms with Crippen LogP contribution < -0.4 is 10.6 Å². The van der Waals surface area contributed by atoms with E-state index in [2.05, 4.69) is 25.9 Å². The highest BCUT2D eigenvalue weighted by Crippen LogP contribution is 2.09. The maximum Gasteiger partial charge on any atom is 0.225 e. The fourth-order valence-corrected chi connectivity index (χ4v) is 1.41. The van der Waals surface area contributed by atoms with Gasteiger partial charge >= 0.3 is 0 Å². The maximum absolute atomic E-state index is 5.82. The molecule has 1 unspecified atom stereocenters. The largest absolute Gasteiger partial charge is 0.383 e. The lowest BCUT2D eigenvalue weighted by atomic mass is 10.3. The molecule has 1 aromatic heterocycles. The topological polar surface area (TPSA) is 64.3 Å². The third-order valence-corrected chi connectivity index (χ3v) is 2.25. The summed E-state index contributed by atoms with van der Waals surface area (Å²) in [5, 5.41) is 0. The monoisotopic (exact) mass is 274 g/mol. The molecule has 84 valence electrons. The van der Waals surface area contributed by atoms with Gasteiger partial charge in [0.1, 0.15) is 0 Å². The van der Waals surface area contributed by atoms with Gasteiger partial charge in [-0.2, -0.15) is 0 Å². The minimum absolute atomic E-state index is 0.0350. The van der Waals surface area contributed by atoms with Crippen molar-refractivity contribution in [3.05, 3.63) is 16.9 Å². The van der Waals surface area contributed by atoms with Crippen LogP contribution in [0.5, 0.6) is 0 Å². The summed E-state index contributed by atoms with van der Waals surface area (Å²) >= 11 is 3.28. The van der Waals surface area contributed by atoms with Crippen molar-refractivity contribution in [1.29, 1.82) is 0 Å². The first-order chi connectivity index (χ1) is 7.13. The third kappa shape index (κ3) is 4.11. The number of nitrogens with two attached hydrogens (primary N) is 1. The van der Waals surface area contributed by atoms with Crippen LogP contribution in [0.15, 0.2) is 16.9 Å². The van der Waals surface area contributed by atoms with E-state index < -0.39 is 0 Å². The predicted octanol–water partition coefficient (Wildman–Crippen LogP) is 0.649. The highest BCUT2D eigenvalue weighted by atomic mass is 79.9. The van der Waals surface area contributed by atoms with E-state index in [1.54, 1.807) is 19.5 Å². The number of halogens is 1. The molecule has 1 atom stereocenters. The van der Waals surface area contributed by atoms with Gasteiger partial charge in [0, 0.05) is 39.1 Å². The zero-order chi connectivity index (χ0) is 11.3. The molecule has 15 heavy (non-hydrogen) atoms. The summed E-state index contributed by atoms with van der Waals surface area (Å²) < 4.78 is 5.82. The molecule has 0 aliphatic heterocycles. The molecule has 2 N–H and O–H groups in total. The predicted molar refractivity (Wildman–Crippen MR) is 62.9 cm³/mol. The van der Waals surface area contributed by atoms with Gasteiger partial charge in [-0.3, -0.25) is 0 Å². The first kappa shape index (κ1) is 12.4. The molecular weight excluding hydrogens is 260 g/mol. The van der Waals surface area contributed by atoms with Crippen molar-refractivity contribution in [3.8, 4) is 0 Å². The summed E-state index contributed by atoms with van der Waals surface area (Å²) in [5.41, 5.74) is 5.82. The van der Waals surface area contributed by atoms with E-state index in [-0.39, 0.29) is 6.04 Å². The molecule has 0 saturated carbocycles. The summed E-state index contributed by atoms with van der Waals surface area (Å²) in [6, 6.07) is -0.0350. The van der Waals surface area contributed by atoms with Gasteiger partial charge in [-0.25, -0.2) is 9.97 Å². The number of aromatic nitrogens is 2. The molecule has 1 rings (SSSR count). The number of hydrogen-bond donors (Lipinski definition) is 1. The maximum atomic E-state index is 5.82. The summed E-state index contributed by atoms with van der Waals surface area (Å²) in [7, 11) is 3.54. The zero-order valence-electron chi connectivity index (χ0n) is 8.85. The molecule has 0 aliphatic rings. The fraction of sp³-hybridized carbons (Fsp3) is 0.556. The van der Waals surface area contributed by atoms with Crippen molar-refractivity contribution in [2.24, 2.45) is 5.73 Å². The van der Waals surface area contributed by atoms with Crippen LogP contribution in [0, 0.1) is 0 Å². The van der Waals surface area contributed by atoms with Crippen LogP contribution in [0.4, 0.5) is 5.95 Å². The Labute approximate surface area is 97.8 Å². The Hall–Kier alpha value is -0.720. The van der Waals surface area contributed by atoms with Crippen LogP contribution in [0.25, 0.3) is 0 Å². The number of rotatable bonds is 5. The smallest absolute Gasteiger partial charge is 0.225 e. The first-order valence-corrected chi connectivity index (χ1v) is 5.36. The molecule has 1 aromatic rings. The lowest BCUT2D eigenvalue weighted by molar-refractivity contribution is 0.181. The van der Waals surface area contributed by atoms with Gasteiger partial charge in [0.15, 0.2) is 0 Å². The zero-order valence-corrected chi connectivity index (χ0v) is 10.4. The summed E-state index contributed by atoms with van der Waals surface area (Å²) in [6.07, 6.45) is 3.42. The number of anilines is 1. The van der Waals surface area contributed by atoms with Crippen LogP contribution in [0.3, 0.4) is 0 Å². The Kier molecular flexibility index (Phi) is 4.93. The number of ether oxygens (including phenoxy) is 1. The van der Waals surface area contributed by atoms with Crippen molar-refractivity contribution >= 4 is 21.9 Å². The molecule has 0 spiro atoms. The summed E-state index contributed by atoms with van der Waals surface area (Å²) in [5.74, 6) is 0.657. The Bertz CT molecular complexity index is 293.